The normalized spacial score (nSPS) is 13.6. The van der Waals surface area contributed by atoms with E-state index >= 15 is 0 Å². The number of amides is 2. The van der Waals surface area contributed by atoms with Crippen molar-refractivity contribution in [2.75, 3.05) is 24.0 Å². The summed E-state index contributed by atoms with van der Waals surface area (Å²) in [4.78, 5) is 59.3. The molecule has 0 spiro atoms. The van der Waals surface area contributed by atoms with E-state index in [1.54, 1.807) is 23.5 Å². The number of benzene rings is 1. The Kier molecular flexibility index (Phi) is 22.4. The predicted molar refractivity (Wildman–Crippen MR) is 179 cm³/mol. The number of thioether (sulfide) groups is 2. The third-order valence-corrected chi connectivity index (χ3v) is 7.69. The molecule has 1 aromatic rings. The summed E-state index contributed by atoms with van der Waals surface area (Å²) >= 11 is 3.24. The highest BCUT2D eigenvalue weighted by Gasteiger charge is 2.28. The van der Waals surface area contributed by atoms with Crippen LogP contribution in [-0.2, 0) is 35.3 Å². The minimum Gasteiger partial charge on any atom is -0.480 e. The van der Waals surface area contributed by atoms with Crippen LogP contribution in [-0.4, -0.2) is 76.8 Å². The van der Waals surface area contributed by atoms with Crippen LogP contribution in [0, 0.1) is 17.8 Å². The van der Waals surface area contributed by atoms with Gasteiger partial charge in [-0.05, 0) is 74.0 Å². The topological polar surface area (TPSA) is 165 Å². The van der Waals surface area contributed by atoms with Crippen LogP contribution in [0.25, 0.3) is 0 Å². The first-order chi connectivity index (χ1) is 20.7. The highest BCUT2D eigenvalue weighted by molar-refractivity contribution is 7.98. The quantitative estimate of drug-likeness (QED) is 0.149. The standard InChI is InChI=1S/C21H31NO4S.C11H22N2O3S/c1-15(2)12-19(21(25)26-14-17-8-6-5-7-9-17)22-20(24)18(10-11-27-4)13-16(3)23;1-7(2)6-9(11(15)16)13-10(14)8(12)4-5-17-3/h5-9,15,18-19H,10-14H2,1-4H3,(H,22,24);7-9H,4-6,12H2,1-3H3,(H,13,14)(H,15,16)/t18-,19+;8-,9-/m10/s1. The lowest BCUT2D eigenvalue weighted by Gasteiger charge is -2.22. The lowest BCUT2D eigenvalue weighted by Crippen LogP contribution is -2.49. The van der Waals surface area contributed by atoms with E-state index in [2.05, 4.69) is 10.6 Å². The van der Waals surface area contributed by atoms with Crippen molar-refractivity contribution in [1.82, 2.24) is 10.6 Å². The first kappa shape index (κ1) is 41.4. The van der Waals surface area contributed by atoms with E-state index in [0.717, 1.165) is 17.1 Å². The molecule has 0 saturated carbocycles. The number of nitrogens with two attached hydrogens (primary N) is 1. The molecule has 10 nitrogen and oxygen atoms in total. The van der Waals surface area contributed by atoms with Gasteiger partial charge in [-0.25, -0.2) is 9.59 Å². The third-order valence-electron chi connectivity index (χ3n) is 6.40. The molecular weight excluding hydrogens is 603 g/mol. The van der Waals surface area contributed by atoms with Crippen molar-refractivity contribution in [3.8, 4) is 0 Å². The second-order valence-corrected chi connectivity index (χ2v) is 13.6. The fourth-order valence-electron chi connectivity index (χ4n) is 4.08. The Morgan fingerprint density at radius 3 is 1.86 bits per heavy atom. The summed E-state index contributed by atoms with van der Waals surface area (Å²) < 4.78 is 5.41. The first-order valence-electron chi connectivity index (χ1n) is 15.0. The molecule has 2 amide bonds. The molecule has 0 heterocycles. The maximum atomic E-state index is 12.7. The zero-order valence-electron chi connectivity index (χ0n) is 27.3. The van der Waals surface area contributed by atoms with Crippen LogP contribution in [0.2, 0.25) is 0 Å². The summed E-state index contributed by atoms with van der Waals surface area (Å²) in [5.74, 6) is -0.509. The van der Waals surface area contributed by atoms with Crippen molar-refractivity contribution >= 4 is 53.1 Å². The average Bonchev–Trinajstić information content (AvgIpc) is 2.96. The van der Waals surface area contributed by atoms with Crippen molar-refractivity contribution in [3.63, 3.8) is 0 Å². The van der Waals surface area contributed by atoms with Gasteiger partial charge >= 0.3 is 11.9 Å². The molecule has 12 heteroatoms. The summed E-state index contributed by atoms with van der Waals surface area (Å²) in [6.45, 7) is 9.47. The number of carbonyl (C=O) groups is 5. The van der Waals surface area contributed by atoms with Gasteiger partial charge < -0.3 is 31.0 Å². The minimum atomic E-state index is -1.01. The summed E-state index contributed by atoms with van der Waals surface area (Å²) in [5.41, 5.74) is 6.56. The van der Waals surface area contributed by atoms with Crippen molar-refractivity contribution in [2.45, 2.75) is 91.5 Å². The van der Waals surface area contributed by atoms with Crippen LogP contribution in [0.1, 0.15) is 72.3 Å². The van der Waals surface area contributed by atoms with Crippen molar-refractivity contribution < 1.29 is 33.8 Å². The van der Waals surface area contributed by atoms with E-state index in [4.69, 9.17) is 15.6 Å². The molecule has 44 heavy (non-hydrogen) atoms. The summed E-state index contributed by atoms with van der Waals surface area (Å²) in [5, 5.41) is 14.3. The van der Waals surface area contributed by atoms with Crippen LogP contribution in [0.5, 0.6) is 0 Å². The molecule has 0 saturated heterocycles. The smallest absolute Gasteiger partial charge is 0.328 e. The number of ether oxygens (including phenoxy) is 1. The lowest BCUT2D eigenvalue weighted by atomic mass is 9.97. The number of carbonyl (C=O) groups excluding carboxylic acids is 4. The van der Waals surface area contributed by atoms with E-state index in [0.29, 0.717) is 25.7 Å². The molecule has 0 radical (unpaired) electrons. The molecule has 0 bridgehead atoms. The van der Waals surface area contributed by atoms with Gasteiger partial charge in [0.05, 0.1) is 6.04 Å². The predicted octanol–water partition coefficient (Wildman–Crippen LogP) is 4.29. The largest absolute Gasteiger partial charge is 0.480 e. The molecule has 250 valence electrons. The highest BCUT2D eigenvalue weighted by Crippen LogP contribution is 2.16. The molecule has 1 rings (SSSR count). The molecule has 0 aliphatic heterocycles. The maximum Gasteiger partial charge on any atom is 0.328 e. The number of nitrogens with one attached hydrogen (secondary N) is 2. The Bertz CT molecular complexity index is 1010. The number of aliphatic carboxylic acids is 1. The van der Waals surface area contributed by atoms with Crippen LogP contribution < -0.4 is 16.4 Å². The second kappa shape index (κ2) is 23.8. The summed E-state index contributed by atoms with van der Waals surface area (Å²) in [6.07, 6.45) is 6.17. The van der Waals surface area contributed by atoms with Crippen LogP contribution in [0.3, 0.4) is 0 Å². The lowest BCUT2D eigenvalue weighted by molar-refractivity contribution is -0.150. The number of carboxylic acids is 1. The van der Waals surface area contributed by atoms with Crippen LogP contribution >= 0.6 is 23.5 Å². The van der Waals surface area contributed by atoms with Crippen LogP contribution in [0.4, 0.5) is 0 Å². The van der Waals surface area contributed by atoms with Crippen molar-refractivity contribution in [1.29, 1.82) is 0 Å². The molecule has 0 unspecified atom stereocenters. The van der Waals surface area contributed by atoms with Crippen molar-refractivity contribution in [3.05, 3.63) is 35.9 Å². The Balaban J connectivity index is 0.000000938. The van der Waals surface area contributed by atoms with Gasteiger partial charge in [0.1, 0.15) is 24.5 Å². The molecule has 4 atom stereocenters. The monoisotopic (exact) mass is 655 g/mol. The Hall–Kier alpha value is -2.57. The summed E-state index contributed by atoms with van der Waals surface area (Å²) in [7, 11) is 0. The number of esters is 1. The van der Waals surface area contributed by atoms with Gasteiger partial charge in [-0.15, -0.1) is 0 Å². The van der Waals surface area contributed by atoms with Gasteiger partial charge in [-0.1, -0.05) is 58.0 Å². The zero-order valence-corrected chi connectivity index (χ0v) is 28.9. The Morgan fingerprint density at radius 1 is 0.841 bits per heavy atom. The van der Waals surface area contributed by atoms with Gasteiger partial charge in [0.2, 0.25) is 11.8 Å². The summed E-state index contributed by atoms with van der Waals surface area (Å²) in [6, 6.07) is 7.26. The van der Waals surface area contributed by atoms with Gasteiger partial charge in [0.15, 0.2) is 0 Å². The molecule has 0 fully saturated rings. The van der Waals surface area contributed by atoms with E-state index in [-0.39, 0.29) is 42.5 Å². The second-order valence-electron chi connectivity index (χ2n) is 11.6. The Labute approximate surface area is 271 Å². The number of carboxylic acid groups (broad SMARTS) is 1. The number of rotatable bonds is 20. The van der Waals surface area contributed by atoms with Crippen molar-refractivity contribution in [2.24, 2.45) is 23.5 Å². The minimum absolute atomic E-state index is 0.0247. The van der Waals surface area contributed by atoms with E-state index in [1.165, 1.54) is 6.92 Å². The van der Waals surface area contributed by atoms with Crippen LogP contribution in [0.15, 0.2) is 30.3 Å². The molecule has 0 aliphatic rings. The Morgan fingerprint density at radius 2 is 1.36 bits per heavy atom. The number of Topliss-reactive ketones (excluding diaryl/α,β-unsaturated/α-hetero) is 1. The van der Waals surface area contributed by atoms with Gasteiger partial charge in [0.25, 0.3) is 0 Å². The fraction of sp³-hybridized carbons (Fsp3) is 0.656. The number of hydrogen-bond donors (Lipinski definition) is 4. The van der Waals surface area contributed by atoms with Gasteiger partial charge in [0, 0.05) is 12.3 Å². The fourth-order valence-corrected chi connectivity index (χ4v) is 5.09. The van der Waals surface area contributed by atoms with E-state index < -0.39 is 36.0 Å². The number of hydrogen-bond acceptors (Lipinski definition) is 9. The van der Waals surface area contributed by atoms with E-state index in [9.17, 15) is 24.0 Å². The molecule has 0 aliphatic carbocycles. The SMILES string of the molecule is CSCC[C@H](CC(C)=O)C(=O)N[C@@H](CC(C)C)C(=O)OCc1ccccc1.CSCC[C@H](N)C(=O)N[C@@H](CC(C)C)C(=O)O. The molecule has 1 aromatic carbocycles. The third kappa shape index (κ3) is 19.7. The zero-order chi connectivity index (χ0) is 33.7. The maximum absolute atomic E-state index is 12.7. The average molecular weight is 656 g/mol. The molecule has 5 N–H and O–H groups in total. The molecular formula is C32H53N3O7S2. The number of ketones is 1. The van der Waals surface area contributed by atoms with Gasteiger partial charge in [-0.2, -0.15) is 23.5 Å². The highest BCUT2D eigenvalue weighted by atomic mass is 32.2. The van der Waals surface area contributed by atoms with Gasteiger partial charge in [-0.3, -0.25) is 9.59 Å². The first-order valence-corrected chi connectivity index (χ1v) is 17.8. The van der Waals surface area contributed by atoms with E-state index in [1.807, 2.05) is 70.5 Å². The molecule has 0 aromatic heterocycles.